The van der Waals surface area contributed by atoms with E-state index in [9.17, 15) is 14.0 Å². The molecule has 0 heterocycles. The van der Waals surface area contributed by atoms with Gasteiger partial charge in [-0.2, -0.15) is 0 Å². The average molecular weight is 196 g/mol. The first-order chi connectivity index (χ1) is 6.50. The van der Waals surface area contributed by atoms with Gasteiger partial charge in [0.05, 0.1) is 11.3 Å². The number of benzene rings is 1. The van der Waals surface area contributed by atoms with Crippen molar-refractivity contribution < 1.29 is 14.0 Å². The van der Waals surface area contributed by atoms with Crippen molar-refractivity contribution in [2.24, 2.45) is 5.73 Å². The van der Waals surface area contributed by atoms with Crippen molar-refractivity contribution in [3.05, 3.63) is 29.6 Å². The molecule has 0 unspecified atom stereocenters. The molecule has 0 aliphatic carbocycles. The zero-order valence-electron chi connectivity index (χ0n) is 7.50. The van der Waals surface area contributed by atoms with Gasteiger partial charge in [0.1, 0.15) is 5.82 Å². The number of carbonyl (C=O) groups is 2. The number of hydrogen-bond donors (Lipinski definition) is 2. The molecule has 2 amide bonds. The number of amides is 2. The molecule has 0 aromatic heterocycles. The van der Waals surface area contributed by atoms with Crippen LogP contribution in [0.2, 0.25) is 0 Å². The summed E-state index contributed by atoms with van der Waals surface area (Å²) in [4.78, 5) is 21.6. The number of nitrogens with two attached hydrogens (primary N) is 1. The highest BCUT2D eigenvalue weighted by atomic mass is 19.1. The van der Waals surface area contributed by atoms with Crippen molar-refractivity contribution in [2.75, 3.05) is 5.32 Å². The van der Waals surface area contributed by atoms with Gasteiger partial charge >= 0.3 is 0 Å². The molecule has 1 aromatic rings. The average Bonchev–Trinajstić information content (AvgIpc) is 2.01. The lowest BCUT2D eigenvalue weighted by Gasteiger charge is -2.06. The van der Waals surface area contributed by atoms with Gasteiger partial charge in [-0.3, -0.25) is 9.59 Å². The highest BCUT2D eigenvalue weighted by Gasteiger charge is 2.09. The topological polar surface area (TPSA) is 72.2 Å². The Labute approximate surface area is 79.9 Å². The lowest BCUT2D eigenvalue weighted by atomic mass is 10.1. The van der Waals surface area contributed by atoms with Crippen molar-refractivity contribution in [3.8, 4) is 0 Å². The largest absolute Gasteiger partial charge is 0.366 e. The molecular weight excluding hydrogens is 187 g/mol. The van der Waals surface area contributed by atoms with E-state index in [-0.39, 0.29) is 11.3 Å². The van der Waals surface area contributed by atoms with Gasteiger partial charge in [0, 0.05) is 6.92 Å². The fourth-order valence-corrected chi connectivity index (χ4v) is 1.02. The zero-order valence-corrected chi connectivity index (χ0v) is 7.50. The Morgan fingerprint density at radius 2 is 2.07 bits per heavy atom. The Morgan fingerprint density at radius 3 is 2.57 bits per heavy atom. The minimum Gasteiger partial charge on any atom is -0.366 e. The molecule has 1 rings (SSSR count). The van der Waals surface area contributed by atoms with Gasteiger partial charge in [0.15, 0.2) is 0 Å². The maximum absolute atomic E-state index is 12.8. The third-order valence-electron chi connectivity index (χ3n) is 1.56. The lowest BCUT2D eigenvalue weighted by molar-refractivity contribution is -0.114. The van der Waals surface area contributed by atoms with Crippen molar-refractivity contribution in [2.45, 2.75) is 6.92 Å². The molecule has 5 heteroatoms. The normalized spacial score (nSPS) is 9.57. The molecule has 0 atom stereocenters. The first-order valence-electron chi connectivity index (χ1n) is 3.87. The highest BCUT2D eigenvalue weighted by Crippen LogP contribution is 2.16. The summed E-state index contributed by atoms with van der Waals surface area (Å²) in [5.74, 6) is -1.65. The molecule has 0 spiro atoms. The van der Waals surface area contributed by atoms with Crippen molar-refractivity contribution >= 4 is 17.5 Å². The first-order valence-corrected chi connectivity index (χ1v) is 3.87. The summed E-state index contributed by atoms with van der Waals surface area (Å²) in [6, 6.07) is 3.37. The van der Waals surface area contributed by atoms with E-state index in [0.717, 1.165) is 12.1 Å². The summed E-state index contributed by atoms with van der Waals surface area (Å²) in [6.45, 7) is 1.26. The summed E-state index contributed by atoms with van der Waals surface area (Å²) >= 11 is 0. The highest BCUT2D eigenvalue weighted by molar-refractivity contribution is 6.02. The summed E-state index contributed by atoms with van der Waals surface area (Å²) in [5.41, 5.74) is 5.20. The van der Waals surface area contributed by atoms with Gasteiger partial charge in [-0.1, -0.05) is 0 Å². The predicted molar refractivity (Wildman–Crippen MR) is 49.2 cm³/mol. The van der Waals surface area contributed by atoms with Crippen LogP contribution in [0.25, 0.3) is 0 Å². The van der Waals surface area contributed by atoms with Gasteiger partial charge in [0.25, 0.3) is 5.91 Å². The van der Waals surface area contributed by atoms with E-state index >= 15 is 0 Å². The van der Waals surface area contributed by atoms with Crippen molar-refractivity contribution in [1.29, 1.82) is 0 Å². The molecule has 0 saturated heterocycles. The van der Waals surface area contributed by atoms with Crippen LogP contribution in [-0.2, 0) is 4.79 Å². The smallest absolute Gasteiger partial charge is 0.250 e. The number of carbonyl (C=O) groups excluding carboxylic acids is 2. The van der Waals surface area contributed by atoms with E-state index in [1.54, 1.807) is 0 Å². The molecule has 0 saturated carbocycles. The Hall–Kier alpha value is -1.91. The van der Waals surface area contributed by atoms with Crippen LogP contribution in [0.5, 0.6) is 0 Å². The number of nitrogens with one attached hydrogen (secondary N) is 1. The predicted octanol–water partition coefficient (Wildman–Crippen LogP) is 0.883. The summed E-state index contributed by atoms with van der Waals surface area (Å²) in [7, 11) is 0. The first kappa shape index (κ1) is 10.2. The standard InChI is InChI=1S/C9H9FN2O2/c1-5(13)12-8-4-6(10)2-3-7(8)9(11)14/h2-4H,1H3,(H2,11,14)(H,12,13). The number of hydrogen-bond acceptors (Lipinski definition) is 2. The fourth-order valence-electron chi connectivity index (χ4n) is 1.02. The van der Waals surface area contributed by atoms with Gasteiger partial charge in [-0.05, 0) is 18.2 Å². The molecule has 1 aromatic carbocycles. The van der Waals surface area contributed by atoms with E-state index in [1.807, 2.05) is 0 Å². The van der Waals surface area contributed by atoms with Gasteiger partial charge in [-0.15, -0.1) is 0 Å². The van der Waals surface area contributed by atoms with Crippen LogP contribution in [0.1, 0.15) is 17.3 Å². The fraction of sp³-hybridized carbons (Fsp3) is 0.111. The van der Waals surface area contributed by atoms with Crippen molar-refractivity contribution in [3.63, 3.8) is 0 Å². The maximum atomic E-state index is 12.8. The SMILES string of the molecule is CC(=O)Nc1cc(F)ccc1C(N)=O. The third kappa shape index (κ3) is 2.29. The molecule has 74 valence electrons. The van der Waals surface area contributed by atoms with Gasteiger partial charge in [-0.25, -0.2) is 4.39 Å². The zero-order chi connectivity index (χ0) is 10.7. The van der Waals surface area contributed by atoms with Crippen LogP contribution in [0.3, 0.4) is 0 Å². The van der Waals surface area contributed by atoms with Gasteiger partial charge < -0.3 is 11.1 Å². The summed E-state index contributed by atoms with van der Waals surface area (Å²) in [5, 5.41) is 2.32. The summed E-state index contributed by atoms with van der Waals surface area (Å²) < 4.78 is 12.8. The monoisotopic (exact) mass is 196 g/mol. The number of halogens is 1. The Morgan fingerprint density at radius 1 is 1.43 bits per heavy atom. The molecular formula is C9H9FN2O2. The van der Waals surface area contributed by atoms with E-state index in [2.05, 4.69) is 5.32 Å². The lowest BCUT2D eigenvalue weighted by Crippen LogP contribution is -2.16. The Bertz CT molecular complexity index is 390. The van der Waals surface area contributed by atoms with Crippen LogP contribution < -0.4 is 11.1 Å². The van der Waals surface area contributed by atoms with Crippen LogP contribution in [0.4, 0.5) is 10.1 Å². The quantitative estimate of drug-likeness (QED) is 0.737. The van der Waals surface area contributed by atoms with Crippen LogP contribution in [-0.4, -0.2) is 11.8 Å². The maximum Gasteiger partial charge on any atom is 0.250 e. The molecule has 4 nitrogen and oxygen atoms in total. The van der Waals surface area contributed by atoms with Crippen LogP contribution >= 0.6 is 0 Å². The Balaban J connectivity index is 3.15. The van der Waals surface area contributed by atoms with Crippen LogP contribution in [0, 0.1) is 5.82 Å². The van der Waals surface area contributed by atoms with Gasteiger partial charge in [0.2, 0.25) is 5.91 Å². The molecule has 0 aliphatic rings. The molecule has 0 bridgehead atoms. The van der Waals surface area contributed by atoms with E-state index in [1.165, 1.54) is 13.0 Å². The van der Waals surface area contributed by atoms with E-state index < -0.39 is 17.6 Å². The minimum atomic E-state index is -0.714. The van der Waals surface area contributed by atoms with E-state index in [0.29, 0.717) is 0 Å². The number of rotatable bonds is 2. The van der Waals surface area contributed by atoms with Crippen molar-refractivity contribution in [1.82, 2.24) is 0 Å². The molecule has 14 heavy (non-hydrogen) atoms. The number of primary amides is 1. The second kappa shape index (κ2) is 3.87. The molecule has 0 radical (unpaired) electrons. The van der Waals surface area contributed by atoms with E-state index in [4.69, 9.17) is 5.73 Å². The second-order valence-electron chi connectivity index (χ2n) is 2.74. The minimum absolute atomic E-state index is 0.0848. The third-order valence-corrected chi connectivity index (χ3v) is 1.56. The van der Waals surface area contributed by atoms with Crippen LogP contribution in [0.15, 0.2) is 18.2 Å². The molecule has 0 fully saturated rings. The number of anilines is 1. The molecule has 3 N–H and O–H groups in total. The Kier molecular flexibility index (Phi) is 2.81. The summed E-state index contributed by atoms with van der Waals surface area (Å²) in [6.07, 6.45) is 0. The second-order valence-corrected chi connectivity index (χ2v) is 2.74. The molecule has 0 aliphatic heterocycles.